The van der Waals surface area contributed by atoms with Crippen LogP contribution in [0.3, 0.4) is 0 Å². The second-order valence-electron chi connectivity index (χ2n) is 4.00. The van der Waals surface area contributed by atoms with Gasteiger partial charge in [0.05, 0.1) is 6.54 Å². The van der Waals surface area contributed by atoms with Crippen LogP contribution in [0, 0.1) is 0 Å². The summed E-state index contributed by atoms with van der Waals surface area (Å²) >= 11 is 5.04. The van der Waals surface area contributed by atoms with E-state index in [4.69, 9.17) is 17.0 Å². The minimum absolute atomic E-state index is 0.00552. The van der Waals surface area contributed by atoms with E-state index in [1.54, 1.807) is 0 Å². The molecular formula is C11H21N3O2S. The fourth-order valence-electron chi connectivity index (χ4n) is 1.25. The maximum absolute atomic E-state index is 11.3. The van der Waals surface area contributed by atoms with Crippen LogP contribution in [0.15, 0.2) is 0 Å². The third-order valence-corrected chi connectivity index (χ3v) is 2.60. The van der Waals surface area contributed by atoms with Gasteiger partial charge in [0.25, 0.3) is 0 Å². The van der Waals surface area contributed by atoms with Gasteiger partial charge >= 0.3 is 0 Å². The molecule has 6 heteroatoms. The number of hydrogen-bond acceptors (Lipinski definition) is 3. The van der Waals surface area contributed by atoms with Crippen molar-refractivity contribution in [2.24, 2.45) is 0 Å². The molecule has 0 unspecified atom stereocenters. The van der Waals surface area contributed by atoms with Gasteiger partial charge in [-0.15, -0.1) is 0 Å². The van der Waals surface area contributed by atoms with Gasteiger partial charge in [-0.3, -0.25) is 4.79 Å². The number of nitrogens with one attached hydrogen (secondary N) is 3. The molecule has 0 atom stereocenters. The molecule has 0 aliphatic heterocycles. The lowest BCUT2D eigenvalue weighted by molar-refractivity contribution is -0.120. The number of hydrogen-bond donors (Lipinski definition) is 3. The van der Waals surface area contributed by atoms with E-state index in [2.05, 4.69) is 16.0 Å². The Morgan fingerprint density at radius 1 is 1.41 bits per heavy atom. The molecule has 17 heavy (non-hydrogen) atoms. The van der Waals surface area contributed by atoms with Crippen molar-refractivity contribution in [3.05, 3.63) is 0 Å². The molecule has 1 saturated carbocycles. The second kappa shape index (κ2) is 8.25. The lowest BCUT2D eigenvalue weighted by atomic mass is 10.4. The molecule has 0 heterocycles. The van der Waals surface area contributed by atoms with Crippen LogP contribution < -0.4 is 16.0 Å². The zero-order valence-electron chi connectivity index (χ0n) is 10.3. The van der Waals surface area contributed by atoms with E-state index >= 15 is 0 Å². The molecule has 0 spiro atoms. The minimum atomic E-state index is 0.00552. The summed E-state index contributed by atoms with van der Waals surface area (Å²) in [7, 11) is 0. The SMILES string of the molecule is CCOCCCNC(=S)NCC(=O)NC1CC1. The van der Waals surface area contributed by atoms with E-state index in [0.717, 1.165) is 39.0 Å². The molecule has 3 N–H and O–H groups in total. The number of rotatable bonds is 8. The molecule has 1 rings (SSSR count). The molecular weight excluding hydrogens is 238 g/mol. The number of carbonyl (C=O) groups excluding carboxylic acids is 1. The Kier molecular flexibility index (Phi) is 6.88. The first-order chi connectivity index (χ1) is 8.22. The fraction of sp³-hybridized carbons (Fsp3) is 0.818. The van der Waals surface area contributed by atoms with Crippen molar-refractivity contribution in [3.8, 4) is 0 Å². The molecule has 0 radical (unpaired) electrons. The zero-order valence-corrected chi connectivity index (χ0v) is 11.1. The molecule has 98 valence electrons. The summed E-state index contributed by atoms with van der Waals surface area (Å²) < 4.78 is 5.20. The zero-order chi connectivity index (χ0) is 12.5. The van der Waals surface area contributed by atoms with Gasteiger partial charge in [-0.05, 0) is 38.4 Å². The highest BCUT2D eigenvalue weighted by Crippen LogP contribution is 2.18. The third kappa shape index (κ3) is 7.93. The smallest absolute Gasteiger partial charge is 0.239 e. The molecule has 5 nitrogen and oxygen atoms in total. The highest BCUT2D eigenvalue weighted by atomic mass is 32.1. The molecule has 0 bridgehead atoms. The van der Waals surface area contributed by atoms with Gasteiger partial charge in [-0.2, -0.15) is 0 Å². The molecule has 1 amide bonds. The molecule has 0 aromatic carbocycles. The topological polar surface area (TPSA) is 62.4 Å². The van der Waals surface area contributed by atoms with Crippen LogP contribution in [0.5, 0.6) is 0 Å². The Labute approximate surface area is 108 Å². The summed E-state index contributed by atoms with van der Waals surface area (Å²) in [4.78, 5) is 11.3. The van der Waals surface area contributed by atoms with Gasteiger partial charge < -0.3 is 20.7 Å². The van der Waals surface area contributed by atoms with Crippen molar-refractivity contribution >= 4 is 23.2 Å². The number of amides is 1. The standard InChI is InChI=1S/C11H21N3O2S/c1-2-16-7-3-6-12-11(17)13-8-10(15)14-9-4-5-9/h9H,2-8H2,1H3,(H,14,15)(H2,12,13,17). The normalized spacial score (nSPS) is 14.2. The van der Waals surface area contributed by atoms with Crippen molar-refractivity contribution < 1.29 is 9.53 Å². The quantitative estimate of drug-likeness (QED) is 0.428. The van der Waals surface area contributed by atoms with Crippen LogP contribution >= 0.6 is 12.2 Å². The summed E-state index contributed by atoms with van der Waals surface area (Å²) in [5.41, 5.74) is 0. The van der Waals surface area contributed by atoms with Crippen LogP contribution in [0.4, 0.5) is 0 Å². The third-order valence-electron chi connectivity index (χ3n) is 2.31. The van der Waals surface area contributed by atoms with E-state index in [0.29, 0.717) is 11.2 Å². The maximum Gasteiger partial charge on any atom is 0.239 e. The lowest BCUT2D eigenvalue weighted by Gasteiger charge is -2.10. The Balaban J connectivity index is 1.91. The number of carbonyl (C=O) groups is 1. The molecule has 1 aliphatic rings. The molecule has 1 aliphatic carbocycles. The monoisotopic (exact) mass is 259 g/mol. The highest BCUT2D eigenvalue weighted by molar-refractivity contribution is 7.80. The fourth-order valence-corrected chi connectivity index (χ4v) is 1.42. The summed E-state index contributed by atoms with van der Waals surface area (Å²) in [5.74, 6) is 0.00552. The van der Waals surface area contributed by atoms with Crippen LogP contribution in [-0.4, -0.2) is 43.4 Å². The Hall–Kier alpha value is -0.880. The summed E-state index contributed by atoms with van der Waals surface area (Å²) in [5, 5.41) is 9.31. The predicted octanol–water partition coefficient (Wildman–Crippen LogP) is 0.156. The van der Waals surface area contributed by atoms with E-state index in [1.165, 1.54) is 0 Å². The maximum atomic E-state index is 11.3. The van der Waals surface area contributed by atoms with E-state index < -0.39 is 0 Å². The van der Waals surface area contributed by atoms with Gasteiger partial charge in [-0.1, -0.05) is 0 Å². The number of ether oxygens (including phenoxy) is 1. The summed E-state index contributed by atoms with van der Waals surface area (Å²) in [6.45, 7) is 4.44. The Morgan fingerprint density at radius 3 is 2.82 bits per heavy atom. The first kappa shape index (κ1) is 14.2. The second-order valence-corrected chi connectivity index (χ2v) is 4.41. The van der Waals surface area contributed by atoms with Crippen molar-refractivity contribution in [2.75, 3.05) is 26.3 Å². The van der Waals surface area contributed by atoms with Gasteiger partial charge in [0.2, 0.25) is 5.91 Å². The van der Waals surface area contributed by atoms with Crippen LogP contribution in [0.1, 0.15) is 26.2 Å². The first-order valence-corrected chi connectivity index (χ1v) is 6.52. The van der Waals surface area contributed by atoms with Gasteiger partial charge in [0.1, 0.15) is 0 Å². The Morgan fingerprint density at radius 2 is 2.18 bits per heavy atom. The average molecular weight is 259 g/mol. The predicted molar refractivity (Wildman–Crippen MR) is 70.9 cm³/mol. The summed E-state index contributed by atoms with van der Waals surface area (Å²) in [6.07, 6.45) is 3.11. The van der Waals surface area contributed by atoms with Crippen LogP contribution in [-0.2, 0) is 9.53 Å². The Bertz CT molecular complexity index is 257. The van der Waals surface area contributed by atoms with Crippen molar-refractivity contribution in [1.82, 2.24) is 16.0 Å². The number of thiocarbonyl (C=S) groups is 1. The van der Waals surface area contributed by atoms with Crippen LogP contribution in [0.25, 0.3) is 0 Å². The molecule has 0 aromatic heterocycles. The molecule has 0 saturated heterocycles. The van der Waals surface area contributed by atoms with Crippen molar-refractivity contribution in [2.45, 2.75) is 32.2 Å². The van der Waals surface area contributed by atoms with E-state index in [9.17, 15) is 4.79 Å². The van der Waals surface area contributed by atoms with Crippen molar-refractivity contribution in [1.29, 1.82) is 0 Å². The van der Waals surface area contributed by atoms with Crippen LogP contribution in [0.2, 0.25) is 0 Å². The van der Waals surface area contributed by atoms with E-state index in [1.807, 2.05) is 6.92 Å². The first-order valence-electron chi connectivity index (χ1n) is 6.11. The minimum Gasteiger partial charge on any atom is -0.382 e. The van der Waals surface area contributed by atoms with Crippen molar-refractivity contribution in [3.63, 3.8) is 0 Å². The van der Waals surface area contributed by atoms with E-state index in [-0.39, 0.29) is 12.5 Å². The van der Waals surface area contributed by atoms with Gasteiger partial charge in [-0.25, -0.2) is 0 Å². The lowest BCUT2D eigenvalue weighted by Crippen LogP contribution is -2.42. The average Bonchev–Trinajstić information content (AvgIpc) is 3.10. The molecule has 1 fully saturated rings. The highest BCUT2D eigenvalue weighted by Gasteiger charge is 2.22. The molecule has 0 aromatic rings. The van der Waals surface area contributed by atoms with Gasteiger partial charge in [0, 0.05) is 25.8 Å². The van der Waals surface area contributed by atoms with Gasteiger partial charge in [0.15, 0.2) is 5.11 Å². The largest absolute Gasteiger partial charge is 0.382 e. The summed E-state index contributed by atoms with van der Waals surface area (Å²) in [6, 6.07) is 0.400.